The number of hydrogen-bond acceptors (Lipinski definition) is 9. The lowest BCUT2D eigenvalue weighted by Gasteiger charge is -2.63. The van der Waals surface area contributed by atoms with E-state index in [-0.39, 0.29) is 34.9 Å². The highest BCUT2D eigenvalue weighted by atomic mass is 35.5. The fourth-order valence-electron chi connectivity index (χ4n) is 7.93. The van der Waals surface area contributed by atoms with Gasteiger partial charge in [-0.2, -0.15) is 5.26 Å². The summed E-state index contributed by atoms with van der Waals surface area (Å²) < 4.78 is 11.8. The fourth-order valence-corrected chi connectivity index (χ4v) is 8.14. The predicted molar refractivity (Wildman–Crippen MR) is 187 cm³/mol. The van der Waals surface area contributed by atoms with Crippen LogP contribution in [0.3, 0.4) is 0 Å². The molecule has 3 heterocycles. The molecule has 1 aromatic heterocycles. The molecule has 0 radical (unpaired) electrons. The van der Waals surface area contributed by atoms with Gasteiger partial charge in [-0.05, 0) is 76.9 Å². The first kappa shape index (κ1) is 35.9. The van der Waals surface area contributed by atoms with Crippen LogP contribution < -0.4 is 15.0 Å². The number of halogens is 1. The third-order valence-electron chi connectivity index (χ3n) is 10.1. The number of nitrogens with zero attached hydrogens (tertiary/aromatic N) is 5. The predicted octanol–water partition coefficient (Wildman–Crippen LogP) is 5.39. The van der Waals surface area contributed by atoms with Crippen molar-refractivity contribution in [3.8, 4) is 11.8 Å². The van der Waals surface area contributed by atoms with Crippen molar-refractivity contribution in [1.29, 1.82) is 5.26 Å². The van der Waals surface area contributed by atoms with Crippen molar-refractivity contribution in [3.05, 3.63) is 52.7 Å². The van der Waals surface area contributed by atoms with E-state index in [0.29, 0.717) is 34.4 Å². The third-order valence-corrected chi connectivity index (χ3v) is 10.4. The number of hydrogen-bond donors (Lipinski definition) is 1. The molecule has 0 bridgehead atoms. The number of nitriles is 1. The number of amides is 1. The van der Waals surface area contributed by atoms with Gasteiger partial charge in [0.1, 0.15) is 29.3 Å². The van der Waals surface area contributed by atoms with Gasteiger partial charge >= 0.3 is 5.97 Å². The van der Waals surface area contributed by atoms with Crippen LogP contribution in [-0.2, 0) is 9.53 Å². The van der Waals surface area contributed by atoms with Crippen molar-refractivity contribution in [1.82, 2.24) is 20.1 Å². The van der Waals surface area contributed by atoms with Crippen LogP contribution in [0.25, 0.3) is 0 Å². The van der Waals surface area contributed by atoms with Crippen LogP contribution in [0.2, 0.25) is 5.02 Å². The van der Waals surface area contributed by atoms with Crippen LogP contribution in [0.4, 0.5) is 5.82 Å². The molecular weight excluding hydrogens is 628 g/mol. The van der Waals surface area contributed by atoms with E-state index in [2.05, 4.69) is 58.8 Å². The van der Waals surface area contributed by atoms with Gasteiger partial charge in [0.2, 0.25) is 0 Å². The van der Waals surface area contributed by atoms with Crippen LogP contribution in [0.1, 0.15) is 77.2 Å². The molecule has 3 aliphatic rings. The quantitative estimate of drug-likeness (QED) is 0.349. The monoisotopic (exact) mass is 678 g/mol. The molecule has 2 aromatic rings. The normalized spacial score (nSPS) is 23.1. The molecule has 3 fully saturated rings. The fraction of sp³-hybridized carbons (Fsp3) is 0.622. The highest BCUT2D eigenvalue weighted by molar-refractivity contribution is 6.31. The van der Waals surface area contributed by atoms with Crippen molar-refractivity contribution < 1.29 is 19.1 Å². The Kier molecular flexibility index (Phi) is 10.6. The number of piperidine rings is 1. The van der Waals surface area contributed by atoms with Gasteiger partial charge in [0.25, 0.3) is 5.91 Å². The zero-order valence-electron chi connectivity index (χ0n) is 29.5. The molecule has 260 valence electrons. The average molecular weight is 679 g/mol. The first-order chi connectivity index (χ1) is 22.6. The Morgan fingerprint density at radius 2 is 1.67 bits per heavy atom. The Balaban J connectivity index is 1.06. The van der Waals surface area contributed by atoms with E-state index in [9.17, 15) is 14.9 Å². The summed E-state index contributed by atoms with van der Waals surface area (Å²) in [5, 5.41) is 12.8. The number of esters is 1. The number of likely N-dealkylation sites (tertiary alicyclic amines) is 1. The molecule has 1 N–H and O–H groups in total. The molecule has 1 amide bonds. The Hall–Kier alpha value is -3.39. The number of carbonyl (C=O) groups excluding carboxylic acids is 2. The number of pyridine rings is 1. The molecular formula is C37H51ClN6O4. The number of piperazine rings is 1. The Bertz CT molecular complexity index is 1480. The Morgan fingerprint density at radius 1 is 1.00 bits per heavy atom. The summed E-state index contributed by atoms with van der Waals surface area (Å²) >= 11 is 6.23. The van der Waals surface area contributed by atoms with E-state index < -0.39 is 5.60 Å². The highest BCUT2D eigenvalue weighted by Crippen LogP contribution is 2.55. The number of carbonyl (C=O) groups is 2. The maximum Gasteiger partial charge on any atom is 0.320 e. The van der Waals surface area contributed by atoms with Crippen molar-refractivity contribution in [2.24, 2.45) is 16.7 Å². The van der Waals surface area contributed by atoms with Gasteiger partial charge in [-0.3, -0.25) is 19.4 Å². The Labute approximate surface area is 290 Å². The van der Waals surface area contributed by atoms with Crippen LogP contribution in [0, 0.1) is 28.1 Å². The van der Waals surface area contributed by atoms with Gasteiger partial charge in [0, 0.05) is 61.9 Å². The van der Waals surface area contributed by atoms with Gasteiger partial charge in [-0.1, -0.05) is 39.3 Å². The zero-order valence-corrected chi connectivity index (χ0v) is 30.3. The summed E-state index contributed by atoms with van der Waals surface area (Å²) in [5.74, 6) is 1.84. The lowest BCUT2D eigenvalue weighted by molar-refractivity contribution is -0.164. The summed E-state index contributed by atoms with van der Waals surface area (Å²) in [6, 6.07) is 10.9. The van der Waals surface area contributed by atoms with Crippen LogP contribution >= 0.6 is 11.6 Å². The largest absolute Gasteiger partial charge is 0.489 e. The molecule has 0 unspecified atom stereocenters. The SMILES string of the molecule is CC(C)(C)OC(=O)CN1CCC(CN2CCN(c3ccc(C(=O)N[C@H]4C(C)(C)[C@H](Oc5ccc(C#N)c(Cl)c5)C4(C)C)cn3)CC2)CC1. The second-order valence-electron chi connectivity index (χ2n) is 15.8. The van der Waals surface area contributed by atoms with E-state index in [0.717, 1.165) is 64.5 Å². The molecule has 1 aliphatic carbocycles. The number of benzene rings is 1. The van der Waals surface area contributed by atoms with Crippen molar-refractivity contribution in [2.45, 2.75) is 79.1 Å². The summed E-state index contributed by atoms with van der Waals surface area (Å²) in [4.78, 5) is 37.3. The van der Waals surface area contributed by atoms with Crippen molar-refractivity contribution in [3.63, 3.8) is 0 Å². The number of aromatic nitrogens is 1. The topological polar surface area (TPSA) is 111 Å². The zero-order chi connectivity index (χ0) is 34.9. The average Bonchev–Trinajstić information content (AvgIpc) is 3.02. The minimum absolute atomic E-state index is 0.124. The van der Waals surface area contributed by atoms with Gasteiger partial charge in [-0.25, -0.2) is 4.98 Å². The standard InChI is InChI=1S/C37H51ClN6O4/c1-35(2,3)48-31(45)24-42-14-12-25(13-15-42)23-43-16-18-44(19-17-43)30-11-9-27(22-40-30)32(46)41-33-36(4,5)34(37(33,6)7)47-28-10-8-26(21-39)29(38)20-28/h8-11,20,22,25,33-34H,12-19,23-24H2,1-7H3,(H,41,46)/t33-,34-. The first-order valence-corrected chi connectivity index (χ1v) is 17.5. The molecule has 1 saturated carbocycles. The van der Waals surface area contributed by atoms with Crippen molar-refractivity contribution in [2.75, 3.05) is 57.3 Å². The summed E-state index contributed by atoms with van der Waals surface area (Å²) in [7, 11) is 0. The van der Waals surface area contributed by atoms with Gasteiger partial charge in [0.15, 0.2) is 0 Å². The number of rotatable bonds is 9. The molecule has 5 rings (SSSR count). The minimum atomic E-state index is -0.443. The van der Waals surface area contributed by atoms with E-state index >= 15 is 0 Å². The van der Waals surface area contributed by atoms with E-state index in [1.165, 1.54) is 0 Å². The van der Waals surface area contributed by atoms with Crippen LogP contribution in [-0.4, -0.2) is 96.8 Å². The van der Waals surface area contributed by atoms with Crippen molar-refractivity contribution >= 4 is 29.3 Å². The summed E-state index contributed by atoms with van der Waals surface area (Å²) in [6.07, 6.45) is 3.70. The summed E-state index contributed by atoms with van der Waals surface area (Å²) in [5.41, 5.74) is -0.190. The molecule has 10 nitrogen and oxygen atoms in total. The number of nitrogens with one attached hydrogen (secondary N) is 1. The second kappa shape index (κ2) is 14.2. The second-order valence-corrected chi connectivity index (χ2v) is 16.2. The maximum absolute atomic E-state index is 13.4. The smallest absolute Gasteiger partial charge is 0.320 e. The number of ether oxygens (including phenoxy) is 2. The van der Waals surface area contributed by atoms with E-state index in [4.69, 9.17) is 21.1 Å². The lowest BCUT2D eigenvalue weighted by atomic mass is 9.49. The van der Waals surface area contributed by atoms with Gasteiger partial charge in [0.05, 0.1) is 22.7 Å². The molecule has 2 saturated heterocycles. The van der Waals surface area contributed by atoms with Gasteiger partial charge < -0.3 is 19.7 Å². The Morgan fingerprint density at radius 3 is 2.23 bits per heavy atom. The van der Waals surface area contributed by atoms with Crippen LogP contribution in [0.15, 0.2) is 36.5 Å². The first-order valence-electron chi connectivity index (χ1n) is 17.1. The third kappa shape index (κ3) is 8.24. The molecule has 48 heavy (non-hydrogen) atoms. The molecule has 0 atom stereocenters. The van der Waals surface area contributed by atoms with Crippen LogP contribution in [0.5, 0.6) is 5.75 Å². The number of anilines is 1. The summed E-state index contributed by atoms with van der Waals surface area (Å²) in [6.45, 7) is 21.2. The lowest BCUT2D eigenvalue weighted by Crippen LogP contribution is -2.74. The molecule has 2 aliphatic heterocycles. The van der Waals surface area contributed by atoms with E-state index in [1.807, 2.05) is 32.9 Å². The minimum Gasteiger partial charge on any atom is -0.489 e. The van der Waals surface area contributed by atoms with Gasteiger partial charge in [-0.15, -0.1) is 0 Å². The molecule has 11 heteroatoms. The molecule has 1 aromatic carbocycles. The van der Waals surface area contributed by atoms with E-state index in [1.54, 1.807) is 24.4 Å². The molecule has 0 spiro atoms. The maximum atomic E-state index is 13.4. The highest BCUT2D eigenvalue weighted by Gasteiger charge is 2.64.